The molecule has 2 aromatic heterocycles. The van der Waals surface area contributed by atoms with Gasteiger partial charge in [-0.2, -0.15) is 0 Å². The van der Waals surface area contributed by atoms with Crippen LogP contribution < -0.4 is 4.90 Å². The van der Waals surface area contributed by atoms with Gasteiger partial charge in [0.15, 0.2) is 0 Å². The summed E-state index contributed by atoms with van der Waals surface area (Å²) in [6.45, 7) is 13.7. The molecule has 4 rings (SSSR count). The monoisotopic (exact) mass is 341 g/mol. The van der Waals surface area contributed by atoms with Crippen LogP contribution in [0.2, 0.25) is 0 Å². The van der Waals surface area contributed by atoms with Crippen molar-refractivity contribution in [2.45, 2.75) is 39.7 Å². The SMILES string of the molecule is Cc1cnc(CN2CC3CN(c4cc(C(C)(C)C)ncn4)CC3C2)o1. The third-order valence-corrected chi connectivity index (χ3v) is 5.33. The van der Waals surface area contributed by atoms with Crippen molar-refractivity contribution < 1.29 is 4.42 Å². The molecule has 2 unspecified atom stereocenters. The fourth-order valence-electron chi connectivity index (χ4n) is 4.00. The first-order chi connectivity index (χ1) is 11.9. The first-order valence-electron chi connectivity index (χ1n) is 9.09. The average Bonchev–Trinajstić information content (AvgIpc) is 3.22. The standard InChI is InChI=1S/C19H27N5O/c1-13-6-20-18(25-13)11-23-7-14-9-24(10-15(14)8-23)17-5-16(19(2,3)4)21-12-22-17/h5-6,12,14-15H,7-11H2,1-4H3. The maximum absolute atomic E-state index is 5.62. The van der Waals surface area contributed by atoms with E-state index in [2.05, 4.69) is 51.6 Å². The minimum atomic E-state index is 0.0538. The van der Waals surface area contributed by atoms with Crippen LogP contribution in [0.5, 0.6) is 0 Å². The van der Waals surface area contributed by atoms with Gasteiger partial charge in [-0.25, -0.2) is 15.0 Å². The Bertz CT molecular complexity index is 736. The van der Waals surface area contributed by atoms with Gasteiger partial charge in [0, 0.05) is 37.7 Å². The summed E-state index contributed by atoms with van der Waals surface area (Å²) in [6, 6.07) is 2.16. The third kappa shape index (κ3) is 3.40. The van der Waals surface area contributed by atoms with E-state index in [-0.39, 0.29) is 5.41 Å². The van der Waals surface area contributed by atoms with E-state index in [0.717, 1.165) is 55.9 Å². The molecule has 0 saturated carbocycles. The van der Waals surface area contributed by atoms with Crippen LogP contribution in [0.1, 0.15) is 38.1 Å². The summed E-state index contributed by atoms with van der Waals surface area (Å²) >= 11 is 0. The van der Waals surface area contributed by atoms with Crippen molar-refractivity contribution in [2.24, 2.45) is 11.8 Å². The molecule has 0 spiro atoms. The molecule has 0 N–H and O–H groups in total. The number of hydrogen-bond donors (Lipinski definition) is 0. The molecule has 0 bridgehead atoms. The van der Waals surface area contributed by atoms with Crippen molar-refractivity contribution in [3.63, 3.8) is 0 Å². The van der Waals surface area contributed by atoms with Gasteiger partial charge in [-0.05, 0) is 18.8 Å². The Hall–Kier alpha value is -1.95. The van der Waals surface area contributed by atoms with Crippen molar-refractivity contribution in [3.8, 4) is 0 Å². The van der Waals surface area contributed by atoms with E-state index < -0.39 is 0 Å². The molecule has 2 aliphatic rings. The highest BCUT2D eigenvalue weighted by Gasteiger charge is 2.40. The number of anilines is 1. The molecule has 0 amide bonds. The van der Waals surface area contributed by atoms with Crippen LogP contribution in [0, 0.1) is 18.8 Å². The Kier molecular flexibility index (Phi) is 4.02. The highest BCUT2D eigenvalue weighted by Crippen LogP contribution is 2.34. The maximum atomic E-state index is 5.62. The van der Waals surface area contributed by atoms with E-state index in [1.807, 2.05) is 6.92 Å². The van der Waals surface area contributed by atoms with Crippen molar-refractivity contribution in [3.05, 3.63) is 35.9 Å². The summed E-state index contributed by atoms with van der Waals surface area (Å²) in [7, 11) is 0. The van der Waals surface area contributed by atoms with Gasteiger partial charge >= 0.3 is 0 Å². The number of likely N-dealkylation sites (tertiary alicyclic amines) is 1. The molecule has 0 aromatic carbocycles. The molecule has 0 radical (unpaired) electrons. The Labute approximate surface area is 149 Å². The molecule has 0 aliphatic carbocycles. The molecule has 6 heteroatoms. The van der Waals surface area contributed by atoms with E-state index >= 15 is 0 Å². The molecule has 2 aromatic rings. The Morgan fingerprint density at radius 2 is 1.80 bits per heavy atom. The molecule has 2 saturated heterocycles. The molecular formula is C19H27N5O. The Balaban J connectivity index is 1.39. The average molecular weight is 341 g/mol. The van der Waals surface area contributed by atoms with Crippen molar-refractivity contribution >= 4 is 5.82 Å². The topological polar surface area (TPSA) is 58.3 Å². The zero-order valence-electron chi connectivity index (χ0n) is 15.6. The van der Waals surface area contributed by atoms with Crippen LogP contribution in [0.4, 0.5) is 5.82 Å². The maximum Gasteiger partial charge on any atom is 0.208 e. The van der Waals surface area contributed by atoms with Crippen molar-refractivity contribution in [2.75, 3.05) is 31.1 Å². The molecule has 25 heavy (non-hydrogen) atoms. The van der Waals surface area contributed by atoms with Crippen LogP contribution in [-0.4, -0.2) is 46.0 Å². The number of aryl methyl sites for hydroxylation is 1. The number of hydrogen-bond acceptors (Lipinski definition) is 6. The molecule has 2 fully saturated rings. The van der Waals surface area contributed by atoms with Crippen LogP contribution in [0.3, 0.4) is 0 Å². The Morgan fingerprint density at radius 3 is 2.40 bits per heavy atom. The van der Waals surface area contributed by atoms with Gasteiger partial charge in [0.2, 0.25) is 5.89 Å². The van der Waals surface area contributed by atoms with E-state index in [1.165, 1.54) is 0 Å². The van der Waals surface area contributed by atoms with Gasteiger partial charge in [-0.3, -0.25) is 4.90 Å². The zero-order chi connectivity index (χ0) is 17.6. The van der Waals surface area contributed by atoms with Gasteiger partial charge in [0.05, 0.1) is 18.4 Å². The zero-order valence-corrected chi connectivity index (χ0v) is 15.6. The smallest absolute Gasteiger partial charge is 0.208 e. The van der Waals surface area contributed by atoms with Gasteiger partial charge in [-0.1, -0.05) is 20.8 Å². The second kappa shape index (κ2) is 6.09. The summed E-state index contributed by atoms with van der Waals surface area (Å²) in [6.07, 6.45) is 3.51. The fourth-order valence-corrected chi connectivity index (χ4v) is 4.00. The van der Waals surface area contributed by atoms with Gasteiger partial charge in [0.1, 0.15) is 17.9 Å². The fraction of sp³-hybridized carbons (Fsp3) is 0.632. The van der Waals surface area contributed by atoms with Gasteiger partial charge < -0.3 is 9.32 Å². The number of nitrogens with zero attached hydrogens (tertiary/aromatic N) is 5. The lowest BCUT2D eigenvalue weighted by Gasteiger charge is -2.23. The number of fused-ring (bicyclic) bond motifs is 1. The van der Waals surface area contributed by atoms with Crippen LogP contribution in [0.25, 0.3) is 0 Å². The van der Waals surface area contributed by atoms with Gasteiger partial charge in [0.25, 0.3) is 0 Å². The predicted octanol–water partition coefficient (Wildman–Crippen LogP) is 2.64. The summed E-state index contributed by atoms with van der Waals surface area (Å²) in [4.78, 5) is 18.2. The van der Waals surface area contributed by atoms with Crippen molar-refractivity contribution in [1.29, 1.82) is 0 Å². The highest BCUT2D eigenvalue weighted by molar-refractivity contribution is 5.42. The van der Waals surface area contributed by atoms with Gasteiger partial charge in [-0.15, -0.1) is 0 Å². The summed E-state index contributed by atoms with van der Waals surface area (Å²) < 4.78 is 5.62. The first-order valence-corrected chi connectivity index (χ1v) is 9.09. The summed E-state index contributed by atoms with van der Waals surface area (Å²) in [5.41, 5.74) is 1.16. The summed E-state index contributed by atoms with van der Waals surface area (Å²) in [5, 5.41) is 0. The van der Waals surface area contributed by atoms with Crippen LogP contribution in [0.15, 0.2) is 23.0 Å². The lowest BCUT2D eigenvalue weighted by atomic mass is 9.92. The second-order valence-corrected chi connectivity index (χ2v) is 8.50. The lowest BCUT2D eigenvalue weighted by molar-refractivity contribution is 0.271. The molecule has 2 atom stereocenters. The molecular weight excluding hydrogens is 314 g/mol. The number of oxazole rings is 1. The van der Waals surface area contributed by atoms with Crippen molar-refractivity contribution in [1.82, 2.24) is 19.9 Å². The molecule has 134 valence electrons. The second-order valence-electron chi connectivity index (χ2n) is 8.50. The van der Waals surface area contributed by atoms with Crippen LogP contribution >= 0.6 is 0 Å². The van der Waals surface area contributed by atoms with Crippen LogP contribution in [-0.2, 0) is 12.0 Å². The normalized spacial score (nSPS) is 24.1. The highest BCUT2D eigenvalue weighted by atomic mass is 16.4. The largest absolute Gasteiger partial charge is 0.445 e. The third-order valence-electron chi connectivity index (χ3n) is 5.33. The van der Waals surface area contributed by atoms with E-state index in [4.69, 9.17) is 4.42 Å². The minimum Gasteiger partial charge on any atom is -0.445 e. The Morgan fingerprint density at radius 1 is 1.08 bits per heavy atom. The lowest BCUT2D eigenvalue weighted by Crippen LogP contribution is -2.29. The molecule has 2 aliphatic heterocycles. The minimum absolute atomic E-state index is 0.0538. The van der Waals surface area contributed by atoms with E-state index in [9.17, 15) is 0 Å². The van der Waals surface area contributed by atoms with E-state index in [1.54, 1.807) is 12.5 Å². The molecule has 6 nitrogen and oxygen atoms in total. The molecule has 4 heterocycles. The number of rotatable bonds is 3. The quantitative estimate of drug-likeness (QED) is 0.855. The number of aromatic nitrogens is 3. The van der Waals surface area contributed by atoms with E-state index in [0.29, 0.717) is 11.8 Å². The predicted molar refractivity (Wildman–Crippen MR) is 96.4 cm³/mol. The summed E-state index contributed by atoms with van der Waals surface area (Å²) in [5.74, 6) is 4.19. The first kappa shape index (κ1) is 16.5.